The van der Waals surface area contributed by atoms with Crippen LogP contribution in [-0.2, 0) is 17.6 Å². The van der Waals surface area contributed by atoms with Gasteiger partial charge >= 0.3 is 0 Å². The fourth-order valence-corrected chi connectivity index (χ4v) is 4.10. The number of carbonyl (C=O) groups is 2. The Morgan fingerprint density at radius 3 is 2.42 bits per heavy atom. The second kappa shape index (κ2) is 8.99. The maximum Gasteiger partial charge on any atom is 0.254 e. The van der Waals surface area contributed by atoms with Gasteiger partial charge in [0.05, 0.1) is 5.56 Å². The molecule has 2 aromatic rings. The molecule has 5 heteroatoms. The number of nitrogens with zero attached hydrogens (tertiary/aromatic N) is 1. The van der Waals surface area contributed by atoms with Gasteiger partial charge in [0, 0.05) is 31.9 Å². The summed E-state index contributed by atoms with van der Waals surface area (Å²) in [6.45, 7) is 1.70. The summed E-state index contributed by atoms with van der Waals surface area (Å²) in [5.41, 5.74) is 3.37. The van der Waals surface area contributed by atoms with Crippen molar-refractivity contribution in [2.24, 2.45) is 5.92 Å². The van der Waals surface area contributed by atoms with Gasteiger partial charge in [-0.25, -0.2) is 0 Å². The maximum atomic E-state index is 12.4. The summed E-state index contributed by atoms with van der Waals surface area (Å²) < 4.78 is 0. The lowest BCUT2D eigenvalue weighted by atomic mass is 9.89. The van der Waals surface area contributed by atoms with Crippen molar-refractivity contribution in [3.05, 3.63) is 57.8 Å². The topological polar surface area (TPSA) is 49.4 Å². The van der Waals surface area contributed by atoms with Gasteiger partial charge in [-0.2, -0.15) is 11.3 Å². The highest BCUT2D eigenvalue weighted by atomic mass is 32.1. The normalized spacial score (nSPS) is 15.0. The number of thiophene rings is 1. The van der Waals surface area contributed by atoms with Gasteiger partial charge in [0.15, 0.2) is 0 Å². The van der Waals surface area contributed by atoms with E-state index < -0.39 is 0 Å². The highest BCUT2D eigenvalue weighted by Crippen LogP contribution is 2.23. The molecule has 1 aliphatic heterocycles. The quantitative estimate of drug-likeness (QED) is 0.846. The summed E-state index contributed by atoms with van der Waals surface area (Å²) in [5, 5.41) is 6.54. The van der Waals surface area contributed by atoms with Crippen molar-refractivity contribution in [1.29, 1.82) is 0 Å². The largest absolute Gasteiger partial charge is 0.359 e. The number of benzene rings is 1. The SMILES string of the molecule is CNC(=O)CCc1ccc(CC2CCN(C(=O)c3ccsc3)CC2)cc1. The second-order valence-corrected chi connectivity index (χ2v) is 7.72. The minimum absolute atomic E-state index is 0.0813. The van der Waals surface area contributed by atoms with Crippen molar-refractivity contribution in [3.8, 4) is 0 Å². The van der Waals surface area contributed by atoms with Crippen LogP contribution in [0.3, 0.4) is 0 Å². The summed E-state index contributed by atoms with van der Waals surface area (Å²) in [4.78, 5) is 25.7. The third-order valence-electron chi connectivity index (χ3n) is 5.14. The van der Waals surface area contributed by atoms with E-state index in [1.54, 1.807) is 18.4 Å². The van der Waals surface area contributed by atoms with E-state index in [2.05, 4.69) is 29.6 Å². The number of carbonyl (C=O) groups excluding carboxylic acids is 2. The standard InChI is InChI=1S/C21H26N2O2S/c1-22-20(24)7-6-16-2-4-17(5-3-16)14-18-8-11-23(12-9-18)21(25)19-10-13-26-15-19/h2-5,10,13,15,18H,6-9,11-12,14H2,1H3,(H,22,24). The molecule has 1 aromatic carbocycles. The molecule has 0 unspecified atom stereocenters. The van der Waals surface area contributed by atoms with Crippen molar-refractivity contribution in [2.45, 2.75) is 32.1 Å². The number of likely N-dealkylation sites (tertiary alicyclic amines) is 1. The second-order valence-electron chi connectivity index (χ2n) is 6.94. The first-order valence-electron chi connectivity index (χ1n) is 9.25. The van der Waals surface area contributed by atoms with Gasteiger partial charge in [0.25, 0.3) is 5.91 Å². The Labute approximate surface area is 159 Å². The van der Waals surface area contributed by atoms with Crippen molar-refractivity contribution in [1.82, 2.24) is 10.2 Å². The molecule has 1 aliphatic rings. The van der Waals surface area contributed by atoms with Gasteiger partial charge in [-0.05, 0) is 54.2 Å². The predicted octanol–water partition coefficient (Wildman–Crippen LogP) is 3.52. The zero-order chi connectivity index (χ0) is 18.4. The minimum atomic E-state index is 0.0813. The lowest BCUT2D eigenvalue weighted by Gasteiger charge is -2.32. The molecule has 0 atom stereocenters. The molecule has 1 N–H and O–H groups in total. The molecule has 0 spiro atoms. The van der Waals surface area contributed by atoms with Crippen molar-refractivity contribution in [3.63, 3.8) is 0 Å². The Kier molecular flexibility index (Phi) is 6.45. The molecule has 0 bridgehead atoms. The summed E-state index contributed by atoms with van der Waals surface area (Å²) in [6.07, 6.45) is 4.51. The van der Waals surface area contributed by atoms with Gasteiger partial charge < -0.3 is 10.2 Å². The molecule has 0 aliphatic carbocycles. The number of hydrogen-bond donors (Lipinski definition) is 1. The Morgan fingerprint density at radius 1 is 1.12 bits per heavy atom. The zero-order valence-corrected chi connectivity index (χ0v) is 16.1. The molecule has 1 saturated heterocycles. The van der Waals surface area contributed by atoms with E-state index in [0.29, 0.717) is 12.3 Å². The Hall–Kier alpha value is -2.14. The van der Waals surface area contributed by atoms with E-state index in [0.717, 1.165) is 44.3 Å². The molecule has 0 saturated carbocycles. The van der Waals surface area contributed by atoms with Gasteiger partial charge in [0.1, 0.15) is 0 Å². The van der Waals surface area contributed by atoms with Crippen LogP contribution in [0.25, 0.3) is 0 Å². The highest BCUT2D eigenvalue weighted by molar-refractivity contribution is 7.08. The number of piperidine rings is 1. The number of nitrogens with one attached hydrogen (secondary N) is 1. The minimum Gasteiger partial charge on any atom is -0.359 e. The van der Waals surface area contributed by atoms with Crippen LogP contribution in [0.2, 0.25) is 0 Å². The Bertz CT molecular complexity index is 717. The van der Waals surface area contributed by atoms with Crippen LogP contribution in [0, 0.1) is 5.92 Å². The number of rotatable bonds is 6. The molecule has 4 nitrogen and oxygen atoms in total. The first-order chi connectivity index (χ1) is 12.7. The lowest BCUT2D eigenvalue weighted by Crippen LogP contribution is -2.38. The monoisotopic (exact) mass is 370 g/mol. The lowest BCUT2D eigenvalue weighted by molar-refractivity contribution is -0.120. The van der Waals surface area contributed by atoms with E-state index in [4.69, 9.17) is 0 Å². The van der Waals surface area contributed by atoms with E-state index in [1.165, 1.54) is 11.1 Å². The molecule has 2 heterocycles. The van der Waals surface area contributed by atoms with Crippen molar-refractivity contribution < 1.29 is 9.59 Å². The van der Waals surface area contributed by atoms with Gasteiger partial charge in [-0.1, -0.05) is 24.3 Å². The van der Waals surface area contributed by atoms with Crippen LogP contribution in [-0.4, -0.2) is 36.9 Å². The highest BCUT2D eigenvalue weighted by Gasteiger charge is 2.23. The number of aryl methyl sites for hydroxylation is 1. The molecule has 0 radical (unpaired) electrons. The Balaban J connectivity index is 1.45. The first-order valence-corrected chi connectivity index (χ1v) is 10.2. The van der Waals surface area contributed by atoms with Gasteiger partial charge in [-0.3, -0.25) is 9.59 Å². The number of amides is 2. The molecule has 138 valence electrons. The molecule has 1 aromatic heterocycles. The van der Waals surface area contributed by atoms with E-state index >= 15 is 0 Å². The smallest absolute Gasteiger partial charge is 0.254 e. The average molecular weight is 371 g/mol. The van der Waals surface area contributed by atoms with E-state index in [1.807, 2.05) is 21.7 Å². The van der Waals surface area contributed by atoms with Crippen molar-refractivity contribution >= 4 is 23.2 Å². The third kappa shape index (κ3) is 4.94. The average Bonchev–Trinajstić information content (AvgIpc) is 3.22. The van der Waals surface area contributed by atoms with Crippen LogP contribution in [0.4, 0.5) is 0 Å². The predicted molar refractivity (Wildman–Crippen MR) is 105 cm³/mol. The van der Waals surface area contributed by atoms with Crippen LogP contribution < -0.4 is 5.32 Å². The van der Waals surface area contributed by atoms with Crippen molar-refractivity contribution in [2.75, 3.05) is 20.1 Å². The van der Waals surface area contributed by atoms with Gasteiger partial charge in [0.2, 0.25) is 5.91 Å². The molecule has 3 rings (SSSR count). The summed E-state index contributed by atoms with van der Waals surface area (Å²) in [6, 6.07) is 10.5. The Morgan fingerprint density at radius 2 is 1.81 bits per heavy atom. The molecule has 2 amide bonds. The fourth-order valence-electron chi connectivity index (χ4n) is 3.47. The van der Waals surface area contributed by atoms with Crippen LogP contribution in [0.1, 0.15) is 40.7 Å². The van der Waals surface area contributed by atoms with Crippen LogP contribution in [0.15, 0.2) is 41.1 Å². The fraction of sp³-hybridized carbons (Fsp3) is 0.429. The zero-order valence-electron chi connectivity index (χ0n) is 15.2. The van der Waals surface area contributed by atoms with E-state index in [-0.39, 0.29) is 11.8 Å². The third-order valence-corrected chi connectivity index (χ3v) is 5.82. The van der Waals surface area contributed by atoms with E-state index in [9.17, 15) is 9.59 Å². The molecular weight excluding hydrogens is 344 g/mol. The summed E-state index contributed by atoms with van der Waals surface area (Å²) in [7, 11) is 1.67. The summed E-state index contributed by atoms with van der Waals surface area (Å²) in [5.74, 6) is 0.890. The number of hydrogen-bond acceptors (Lipinski definition) is 3. The van der Waals surface area contributed by atoms with Crippen LogP contribution in [0.5, 0.6) is 0 Å². The molecule has 1 fully saturated rings. The van der Waals surface area contributed by atoms with Crippen LogP contribution >= 0.6 is 11.3 Å². The van der Waals surface area contributed by atoms with Gasteiger partial charge in [-0.15, -0.1) is 0 Å². The first kappa shape index (κ1) is 18.6. The molecular formula is C21H26N2O2S. The summed E-state index contributed by atoms with van der Waals surface area (Å²) >= 11 is 1.57. The molecule has 26 heavy (non-hydrogen) atoms. The maximum absolute atomic E-state index is 12.4.